The molecule has 1 aromatic heterocycles. The van der Waals surface area contributed by atoms with E-state index in [0.29, 0.717) is 5.92 Å². The van der Waals surface area contributed by atoms with Crippen LogP contribution in [0, 0.1) is 11.8 Å². The van der Waals surface area contributed by atoms with Crippen LogP contribution < -0.4 is 5.32 Å². The van der Waals surface area contributed by atoms with Crippen LogP contribution in [0.15, 0.2) is 18.7 Å². The monoisotopic (exact) mass is 221 g/mol. The van der Waals surface area contributed by atoms with Crippen molar-refractivity contribution in [2.45, 2.75) is 45.7 Å². The van der Waals surface area contributed by atoms with E-state index in [1.807, 2.05) is 18.7 Å². The maximum Gasteiger partial charge on any atom is 0.0946 e. The van der Waals surface area contributed by atoms with Crippen molar-refractivity contribution in [3.63, 3.8) is 0 Å². The molecule has 0 aromatic carbocycles. The summed E-state index contributed by atoms with van der Waals surface area (Å²) < 4.78 is 2.16. The molecule has 16 heavy (non-hydrogen) atoms. The third-order valence-corrected chi connectivity index (χ3v) is 3.53. The summed E-state index contributed by atoms with van der Waals surface area (Å²) in [5.41, 5.74) is 0. The van der Waals surface area contributed by atoms with Gasteiger partial charge in [-0.3, -0.25) is 0 Å². The summed E-state index contributed by atoms with van der Waals surface area (Å²) in [5.74, 6) is 1.59. The normalized spacial score (nSPS) is 27.1. The molecule has 90 valence electrons. The van der Waals surface area contributed by atoms with Crippen molar-refractivity contribution in [2.75, 3.05) is 6.54 Å². The molecule has 1 N–H and O–H groups in total. The Hall–Kier alpha value is -0.830. The molecule has 0 saturated heterocycles. The Morgan fingerprint density at radius 2 is 2.38 bits per heavy atom. The molecule has 1 aromatic rings. The second-order valence-corrected chi connectivity index (χ2v) is 5.39. The fourth-order valence-corrected chi connectivity index (χ4v) is 2.58. The third kappa shape index (κ3) is 3.34. The zero-order valence-corrected chi connectivity index (χ0v) is 10.4. The topological polar surface area (TPSA) is 29.9 Å². The smallest absolute Gasteiger partial charge is 0.0946 e. The lowest BCUT2D eigenvalue weighted by Gasteiger charge is -2.17. The van der Waals surface area contributed by atoms with Gasteiger partial charge in [-0.1, -0.05) is 13.8 Å². The Labute approximate surface area is 98.3 Å². The molecule has 0 radical (unpaired) electrons. The minimum atomic E-state index is 0.671. The van der Waals surface area contributed by atoms with E-state index in [9.17, 15) is 0 Å². The predicted octanol–water partition coefficient (Wildman–Crippen LogP) is 2.30. The van der Waals surface area contributed by atoms with Crippen LogP contribution >= 0.6 is 0 Å². The highest BCUT2D eigenvalue weighted by Crippen LogP contribution is 2.24. The summed E-state index contributed by atoms with van der Waals surface area (Å²) in [4.78, 5) is 4.07. The molecule has 3 nitrogen and oxygen atoms in total. The fraction of sp³-hybridized carbons (Fsp3) is 0.769. The Kier molecular flexibility index (Phi) is 3.99. The summed E-state index contributed by atoms with van der Waals surface area (Å²) in [5, 5.41) is 3.69. The molecule has 3 unspecified atom stereocenters. The summed E-state index contributed by atoms with van der Waals surface area (Å²) in [7, 11) is 0. The highest BCUT2D eigenvalue weighted by Gasteiger charge is 2.20. The van der Waals surface area contributed by atoms with Gasteiger partial charge in [0.05, 0.1) is 6.33 Å². The molecule has 3 atom stereocenters. The van der Waals surface area contributed by atoms with Gasteiger partial charge in [-0.25, -0.2) is 4.98 Å². The highest BCUT2D eigenvalue weighted by molar-refractivity contribution is 4.80. The zero-order chi connectivity index (χ0) is 11.4. The van der Waals surface area contributed by atoms with Gasteiger partial charge in [0.1, 0.15) is 0 Å². The van der Waals surface area contributed by atoms with E-state index in [2.05, 4.69) is 28.7 Å². The number of nitrogens with zero attached hydrogens (tertiary/aromatic N) is 2. The van der Waals surface area contributed by atoms with Gasteiger partial charge in [0, 0.05) is 25.0 Å². The van der Waals surface area contributed by atoms with Crippen molar-refractivity contribution in [2.24, 2.45) is 11.8 Å². The second-order valence-electron chi connectivity index (χ2n) is 5.39. The molecule has 1 aliphatic rings. The molecule has 0 aliphatic heterocycles. The van der Waals surface area contributed by atoms with Gasteiger partial charge in [-0.05, 0) is 37.6 Å². The summed E-state index contributed by atoms with van der Waals surface area (Å²) in [6.07, 6.45) is 9.89. The fourth-order valence-electron chi connectivity index (χ4n) is 2.58. The van der Waals surface area contributed by atoms with E-state index < -0.39 is 0 Å². The van der Waals surface area contributed by atoms with Gasteiger partial charge in [0.15, 0.2) is 0 Å². The maximum absolute atomic E-state index is 4.07. The first kappa shape index (κ1) is 11.6. The summed E-state index contributed by atoms with van der Waals surface area (Å²) in [6, 6.07) is 0.764. The molecular weight excluding hydrogens is 198 g/mol. The van der Waals surface area contributed by atoms with E-state index >= 15 is 0 Å². The van der Waals surface area contributed by atoms with Crippen LogP contribution in [0.5, 0.6) is 0 Å². The van der Waals surface area contributed by atoms with E-state index in [4.69, 9.17) is 0 Å². The number of imidazole rings is 1. The molecular formula is C13H23N3. The van der Waals surface area contributed by atoms with Gasteiger partial charge in [0.25, 0.3) is 0 Å². The van der Waals surface area contributed by atoms with Crippen LogP contribution in [0.1, 0.15) is 33.1 Å². The first-order valence-corrected chi connectivity index (χ1v) is 6.43. The number of aromatic nitrogens is 2. The first-order chi connectivity index (χ1) is 7.74. The van der Waals surface area contributed by atoms with Crippen molar-refractivity contribution in [3.05, 3.63) is 18.7 Å². The van der Waals surface area contributed by atoms with Crippen LogP contribution in [-0.4, -0.2) is 22.1 Å². The van der Waals surface area contributed by atoms with Crippen molar-refractivity contribution in [1.29, 1.82) is 0 Å². The Morgan fingerprint density at radius 3 is 3.00 bits per heavy atom. The average Bonchev–Trinajstić information content (AvgIpc) is 2.87. The molecule has 0 amide bonds. The quantitative estimate of drug-likeness (QED) is 0.827. The number of hydrogen-bond acceptors (Lipinski definition) is 2. The molecule has 2 rings (SSSR count). The molecule has 1 fully saturated rings. The van der Waals surface area contributed by atoms with E-state index in [1.165, 1.54) is 19.3 Å². The standard InChI is InChI=1S/C13H23N3/c1-11-3-4-13(7-11)15-8-12(2)9-16-6-5-14-10-16/h5-6,10-13,15H,3-4,7-9H2,1-2H3. The molecule has 1 saturated carbocycles. The molecule has 1 heterocycles. The van der Waals surface area contributed by atoms with Crippen molar-refractivity contribution in [1.82, 2.24) is 14.9 Å². The van der Waals surface area contributed by atoms with Gasteiger partial charge in [-0.15, -0.1) is 0 Å². The van der Waals surface area contributed by atoms with Gasteiger partial charge in [0.2, 0.25) is 0 Å². The minimum Gasteiger partial charge on any atom is -0.337 e. The summed E-state index contributed by atoms with van der Waals surface area (Å²) >= 11 is 0. The number of hydrogen-bond donors (Lipinski definition) is 1. The molecule has 0 bridgehead atoms. The lowest BCUT2D eigenvalue weighted by molar-refractivity contribution is 0.404. The Morgan fingerprint density at radius 1 is 1.50 bits per heavy atom. The van der Waals surface area contributed by atoms with Crippen LogP contribution in [0.4, 0.5) is 0 Å². The Balaban J connectivity index is 1.66. The van der Waals surface area contributed by atoms with E-state index in [1.54, 1.807) is 0 Å². The van der Waals surface area contributed by atoms with Crippen molar-refractivity contribution >= 4 is 0 Å². The van der Waals surface area contributed by atoms with Crippen LogP contribution in [0.2, 0.25) is 0 Å². The number of rotatable bonds is 5. The lowest BCUT2D eigenvalue weighted by Crippen LogP contribution is -2.32. The van der Waals surface area contributed by atoms with Crippen LogP contribution in [0.3, 0.4) is 0 Å². The average molecular weight is 221 g/mol. The molecule has 1 aliphatic carbocycles. The minimum absolute atomic E-state index is 0.671. The molecule has 0 spiro atoms. The third-order valence-electron chi connectivity index (χ3n) is 3.53. The van der Waals surface area contributed by atoms with Gasteiger partial charge < -0.3 is 9.88 Å². The Bertz CT molecular complexity index is 294. The van der Waals surface area contributed by atoms with Crippen LogP contribution in [0.25, 0.3) is 0 Å². The van der Waals surface area contributed by atoms with E-state index in [-0.39, 0.29) is 0 Å². The van der Waals surface area contributed by atoms with E-state index in [0.717, 1.165) is 25.0 Å². The predicted molar refractivity (Wildman–Crippen MR) is 66.2 cm³/mol. The number of nitrogens with one attached hydrogen (secondary N) is 1. The summed E-state index contributed by atoms with van der Waals surface area (Å²) in [6.45, 7) is 6.84. The zero-order valence-electron chi connectivity index (χ0n) is 10.4. The van der Waals surface area contributed by atoms with Gasteiger partial charge >= 0.3 is 0 Å². The maximum atomic E-state index is 4.07. The SMILES string of the molecule is CC1CCC(NCC(C)Cn2ccnc2)C1. The molecule has 3 heteroatoms. The first-order valence-electron chi connectivity index (χ1n) is 6.43. The van der Waals surface area contributed by atoms with Crippen molar-refractivity contribution < 1.29 is 0 Å². The van der Waals surface area contributed by atoms with Gasteiger partial charge in [-0.2, -0.15) is 0 Å². The largest absolute Gasteiger partial charge is 0.337 e. The van der Waals surface area contributed by atoms with Crippen LogP contribution in [-0.2, 0) is 6.54 Å². The lowest BCUT2D eigenvalue weighted by atomic mass is 10.1. The highest BCUT2D eigenvalue weighted by atomic mass is 15.0. The van der Waals surface area contributed by atoms with Crippen molar-refractivity contribution in [3.8, 4) is 0 Å². The second kappa shape index (κ2) is 5.48.